The van der Waals surface area contributed by atoms with E-state index in [9.17, 15) is 0 Å². The minimum absolute atomic E-state index is 0.506. The average molecular weight is 279 g/mol. The molecule has 0 aromatic carbocycles. The van der Waals surface area contributed by atoms with Gasteiger partial charge in [-0.2, -0.15) is 11.8 Å². The topological polar surface area (TPSA) is 33.6 Å². The molecule has 5 heteroatoms. The van der Waals surface area contributed by atoms with Crippen LogP contribution in [-0.4, -0.2) is 25.5 Å². The third-order valence-electron chi connectivity index (χ3n) is 3.61. The van der Waals surface area contributed by atoms with E-state index < -0.39 is 0 Å². The zero-order chi connectivity index (χ0) is 12.5. The van der Waals surface area contributed by atoms with Gasteiger partial charge in [-0.15, -0.1) is 0 Å². The maximum Gasteiger partial charge on any atom is 0.179 e. The van der Waals surface area contributed by atoms with E-state index in [-0.39, 0.29) is 0 Å². The number of H-pyrrole nitrogens is 1. The van der Waals surface area contributed by atoms with Crippen LogP contribution in [0.25, 0.3) is 11.2 Å². The number of aromatic amines is 1. The van der Waals surface area contributed by atoms with Crippen molar-refractivity contribution >= 4 is 35.1 Å². The van der Waals surface area contributed by atoms with Crippen LogP contribution in [0.3, 0.4) is 0 Å². The van der Waals surface area contributed by atoms with Gasteiger partial charge in [0.1, 0.15) is 0 Å². The number of nitrogens with one attached hydrogen (secondary N) is 1. The van der Waals surface area contributed by atoms with Crippen molar-refractivity contribution in [1.29, 1.82) is 0 Å². The molecule has 1 aliphatic rings. The monoisotopic (exact) mass is 279 g/mol. The van der Waals surface area contributed by atoms with Crippen LogP contribution in [0.4, 0.5) is 0 Å². The molecule has 0 amide bonds. The second-order valence-corrected chi connectivity index (χ2v) is 6.57. The predicted molar refractivity (Wildman–Crippen MR) is 79.7 cm³/mol. The zero-order valence-corrected chi connectivity index (χ0v) is 12.1. The van der Waals surface area contributed by atoms with Crippen LogP contribution in [0.5, 0.6) is 0 Å². The third-order valence-corrected chi connectivity index (χ3v) is 5.22. The van der Waals surface area contributed by atoms with Crippen molar-refractivity contribution in [2.24, 2.45) is 0 Å². The molecular weight excluding hydrogens is 262 g/mol. The maximum atomic E-state index is 5.48. The van der Waals surface area contributed by atoms with Gasteiger partial charge in [0.2, 0.25) is 0 Å². The molecule has 2 aromatic heterocycles. The minimum Gasteiger partial charge on any atom is -0.329 e. The lowest BCUT2D eigenvalue weighted by molar-refractivity contribution is 0.533. The Kier molecular flexibility index (Phi) is 3.43. The van der Waals surface area contributed by atoms with Crippen LogP contribution in [0.2, 0.25) is 0 Å². The molecule has 1 saturated carbocycles. The molecule has 3 nitrogen and oxygen atoms in total. The summed E-state index contributed by atoms with van der Waals surface area (Å²) in [7, 11) is 0. The van der Waals surface area contributed by atoms with Crippen LogP contribution in [0.1, 0.15) is 32.2 Å². The maximum absolute atomic E-state index is 5.48. The van der Waals surface area contributed by atoms with Crippen molar-refractivity contribution in [3.8, 4) is 0 Å². The van der Waals surface area contributed by atoms with E-state index in [2.05, 4.69) is 33.2 Å². The zero-order valence-electron chi connectivity index (χ0n) is 10.4. The second-order valence-electron chi connectivity index (χ2n) is 4.67. The highest BCUT2D eigenvalue weighted by molar-refractivity contribution is 7.99. The normalized spacial score (nSPS) is 23.8. The summed E-state index contributed by atoms with van der Waals surface area (Å²) in [5.41, 5.74) is 2.06. The third kappa shape index (κ3) is 1.99. The minimum atomic E-state index is 0.506. The summed E-state index contributed by atoms with van der Waals surface area (Å²) < 4.78 is 3.06. The lowest BCUT2D eigenvalue weighted by atomic mass is 10.2. The van der Waals surface area contributed by atoms with E-state index in [1.165, 1.54) is 25.0 Å². The van der Waals surface area contributed by atoms with Crippen LogP contribution >= 0.6 is 24.0 Å². The van der Waals surface area contributed by atoms with Gasteiger partial charge in [-0.05, 0) is 42.9 Å². The summed E-state index contributed by atoms with van der Waals surface area (Å²) in [6, 6.07) is 4.50. The Morgan fingerprint density at radius 1 is 1.56 bits per heavy atom. The van der Waals surface area contributed by atoms with Crippen molar-refractivity contribution in [1.82, 2.24) is 14.5 Å². The van der Waals surface area contributed by atoms with Crippen molar-refractivity contribution < 1.29 is 0 Å². The second kappa shape index (κ2) is 5.05. The Morgan fingerprint density at radius 2 is 2.44 bits per heavy atom. The Hall–Kier alpha value is -0.810. The standard InChI is InChI=1S/C13H17N3S2/c1-2-18-11-7-3-6-10(11)16-12-9(15-13(16)17)5-4-8-14-12/h4-5,8,10-11H,2-3,6-7H2,1H3,(H,15,17). The van der Waals surface area contributed by atoms with E-state index in [4.69, 9.17) is 12.2 Å². The van der Waals surface area contributed by atoms with Crippen LogP contribution in [-0.2, 0) is 0 Å². The fraction of sp³-hybridized carbons (Fsp3) is 0.538. The first-order valence-electron chi connectivity index (χ1n) is 6.48. The Morgan fingerprint density at radius 3 is 3.28 bits per heavy atom. The van der Waals surface area contributed by atoms with E-state index in [0.29, 0.717) is 11.3 Å². The number of pyridine rings is 1. The van der Waals surface area contributed by atoms with E-state index in [0.717, 1.165) is 15.9 Å². The summed E-state index contributed by atoms with van der Waals surface area (Å²) >= 11 is 7.54. The number of fused-ring (bicyclic) bond motifs is 1. The van der Waals surface area contributed by atoms with E-state index in [1.54, 1.807) is 0 Å². The molecule has 1 N–H and O–H groups in total. The van der Waals surface area contributed by atoms with Gasteiger partial charge in [-0.3, -0.25) is 4.57 Å². The quantitative estimate of drug-likeness (QED) is 0.864. The van der Waals surface area contributed by atoms with Gasteiger partial charge in [0.15, 0.2) is 10.4 Å². The number of rotatable bonds is 3. The van der Waals surface area contributed by atoms with Crippen LogP contribution in [0, 0.1) is 4.77 Å². The molecule has 96 valence electrons. The molecule has 0 radical (unpaired) electrons. The largest absolute Gasteiger partial charge is 0.329 e. The molecule has 2 atom stereocenters. The van der Waals surface area contributed by atoms with E-state index in [1.807, 2.05) is 18.3 Å². The van der Waals surface area contributed by atoms with Gasteiger partial charge in [-0.25, -0.2) is 4.98 Å². The molecule has 2 aromatic rings. The lowest BCUT2D eigenvalue weighted by Crippen LogP contribution is -2.16. The number of nitrogens with zero attached hydrogens (tertiary/aromatic N) is 2. The SMILES string of the molecule is CCSC1CCCC1n1c(=S)[nH]c2cccnc21. The summed E-state index contributed by atoms with van der Waals surface area (Å²) in [4.78, 5) is 7.77. The summed E-state index contributed by atoms with van der Waals surface area (Å²) in [5.74, 6) is 1.17. The van der Waals surface area contributed by atoms with Gasteiger partial charge in [-0.1, -0.05) is 13.3 Å². The first-order chi connectivity index (χ1) is 8.81. The number of hydrogen-bond donors (Lipinski definition) is 1. The Balaban J connectivity index is 2.08. The molecular formula is C13H17N3S2. The van der Waals surface area contributed by atoms with Gasteiger partial charge in [0, 0.05) is 17.5 Å². The Labute approximate surface area is 116 Å². The number of hydrogen-bond acceptors (Lipinski definition) is 3. The summed E-state index contributed by atoms with van der Waals surface area (Å²) in [6.45, 7) is 2.23. The van der Waals surface area contributed by atoms with Crippen LogP contribution in [0.15, 0.2) is 18.3 Å². The first kappa shape index (κ1) is 12.2. The fourth-order valence-corrected chi connectivity index (χ4v) is 4.45. The first-order valence-corrected chi connectivity index (χ1v) is 7.94. The number of aromatic nitrogens is 3. The smallest absolute Gasteiger partial charge is 0.179 e. The Bertz CT molecular complexity index is 602. The van der Waals surface area contributed by atoms with Gasteiger partial charge < -0.3 is 4.98 Å². The molecule has 3 rings (SSSR count). The fourth-order valence-electron chi connectivity index (χ4n) is 2.88. The van der Waals surface area contributed by atoms with Crippen molar-refractivity contribution in [3.05, 3.63) is 23.1 Å². The van der Waals surface area contributed by atoms with Crippen molar-refractivity contribution in [2.45, 2.75) is 37.5 Å². The average Bonchev–Trinajstić information content (AvgIpc) is 2.92. The molecule has 18 heavy (non-hydrogen) atoms. The summed E-state index contributed by atoms with van der Waals surface area (Å²) in [5, 5.41) is 0.683. The van der Waals surface area contributed by atoms with Crippen molar-refractivity contribution in [3.63, 3.8) is 0 Å². The molecule has 0 bridgehead atoms. The van der Waals surface area contributed by atoms with Gasteiger partial charge in [0.05, 0.1) is 5.52 Å². The molecule has 0 spiro atoms. The number of imidazole rings is 1. The van der Waals surface area contributed by atoms with E-state index >= 15 is 0 Å². The van der Waals surface area contributed by atoms with Crippen LogP contribution < -0.4 is 0 Å². The van der Waals surface area contributed by atoms with Crippen molar-refractivity contribution in [2.75, 3.05) is 5.75 Å². The van der Waals surface area contributed by atoms with Gasteiger partial charge >= 0.3 is 0 Å². The molecule has 1 aliphatic carbocycles. The molecule has 2 heterocycles. The molecule has 0 aliphatic heterocycles. The molecule has 2 unspecified atom stereocenters. The molecule has 0 saturated heterocycles. The predicted octanol–water partition coefficient (Wildman–Crippen LogP) is 3.94. The highest BCUT2D eigenvalue weighted by atomic mass is 32.2. The summed E-state index contributed by atoms with van der Waals surface area (Å²) in [6.07, 6.45) is 5.65. The van der Waals surface area contributed by atoms with Gasteiger partial charge in [0.25, 0.3) is 0 Å². The molecule has 1 fully saturated rings. The lowest BCUT2D eigenvalue weighted by Gasteiger charge is -2.20. The number of thioether (sulfide) groups is 1. The highest BCUT2D eigenvalue weighted by Gasteiger charge is 2.30. The highest BCUT2D eigenvalue weighted by Crippen LogP contribution is 2.39.